The van der Waals surface area contributed by atoms with E-state index in [1.807, 2.05) is 12.1 Å². The van der Waals surface area contributed by atoms with Gasteiger partial charge in [-0.25, -0.2) is 4.98 Å². The average Bonchev–Trinajstić information content (AvgIpc) is 2.72. The number of fused-ring (bicyclic) bond motifs is 1. The van der Waals surface area contributed by atoms with Crippen molar-refractivity contribution in [2.45, 2.75) is 25.4 Å². The molecule has 0 saturated heterocycles. The van der Waals surface area contributed by atoms with Crippen LogP contribution in [-0.2, 0) is 12.8 Å². The number of hydrogen-bond acceptors (Lipinski definition) is 3. The summed E-state index contributed by atoms with van der Waals surface area (Å²) in [6, 6.07) is 7.12. The Morgan fingerprint density at radius 3 is 2.94 bits per heavy atom. The Kier molecular flexibility index (Phi) is 2.37. The topological polar surface area (TPSA) is 69.1 Å². The number of hydrogen-bond donors (Lipinski definition) is 3. The predicted molar refractivity (Wildman–Crippen MR) is 63.7 cm³/mol. The van der Waals surface area contributed by atoms with Gasteiger partial charge in [-0.15, -0.1) is 0 Å². The summed E-state index contributed by atoms with van der Waals surface area (Å²) in [6.45, 7) is 0. The maximum Gasteiger partial charge on any atom is 0.141 e. The van der Waals surface area contributed by atoms with Gasteiger partial charge >= 0.3 is 0 Å². The summed E-state index contributed by atoms with van der Waals surface area (Å²) < 4.78 is 0. The molecule has 1 atom stereocenters. The number of phenolic OH excluding ortho intramolecular Hbond substituents is 1. The molecule has 0 amide bonds. The molecule has 0 bridgehead atoms. The number of aliphatic hydroxyl groups is 1. The van der Waals surface area contributed by atoms with Crippen LogP contribution in [0.1, 0.15) is 17.8 Å². The fraction of sp³-hybridized carbons (Fsp3) is 0.308. The van der Waals surface area contributed by atoms with Crippen molar-refractivity contribution in [3.05, 3.63) is 35.7 Å². The van der Waals surface area contributed by atoms with Gasteiger partial charge in [0.25, 0.3) is 0 Å². The smallest absolute Gasteiger partial charge is 0.141 e. The molecule has 2 aromatic rings. The molecule has 0 radical (unpaired) electrons. The van der Waals surface area contributed by atoms with Crippen molar-refractivity contribution >= 4 is 0 Å². The van der Waals surface area contributed by atoms with E-state index < -0.39 is 0 Å². The number of aromatic hydroxyl groups is 1. The summed E-state index contributed by atoms with van der Waals surface area (Å²) in [4.78, 5) is 7.68. The van der Waals surface area contributed by atoms with Gasteiger partial charge in [-0.05, 0) is 25.0 Å². The first kappa shape index (κ1) is 10.4. The number of benzene rings is 1. The van der Waals surface area contributed by atoms with Crippen LogP contribution >= 0.6 is 0 Å². The number of aryl methyl sites for hydroxylation is 1. The number of H-pyrrole nitrogens is 1. The Bertz CT molecular complexity index is 548. The maximum absolute atomic E-state index is 9.77. The number of aromatic nitrogens is 2. The Morgan fingerprint density at radius 1 is 1.29 bits per heavy atom. The molecule has 1 unspecified atom stereocenters. The molecular formula is C13H14N2O2. The van der Waals surface area contributed by atoms with E-state index in [2.05, 4.69) is 9.97 Å². The molecule has 3 rings (SSSR count). The molecule has 0 spiro atoms. The van der Waals surface area contributed by atoms with Gasteiger partial charge in [-0.3, -0.25) is 0 Å². The zero-order chi connectivity index (χ0) is 11.8. The molecule has 0 saturated carbocycles. The van der Waals surface area contributed by atoms with Crippen LogP contribution in [0, 0.1) is 0 Å². The maximum atomic E-state index is 9.77. The number of rotatable bonds is 1. The SMILES string of the molecule is Oc1ccccc1-c1nc2c([nH]1)CC(O)CC2. The van der Waals surface area contributed by atoms with E-state index in [1.165, 1.54) is 0 Å². The number of imidazole rings is 1. The largest absolute Gasteiger partial charge is 0.507 e. The average molecular weight is 230 g/mol. The summed E-state index contributed by atoms with van der Waals surface area (Å²) in [6.07, 6.45) is 1.90. The molecule has 0 fully saturated rings. The summed E-state index contributed by atoms with van der Waals surface area (Å²) >= 11 is 0. The van der Waals surface area contributed by atoms with Crippen molar-refractivity contribution < 1.29 is 10.2 Å². The van der Waals surface area contributed by atoms with E-state index in [1.54, 1.807) is 12.1 Å². The third-order valence-corrected chi connectivity index (χ3v) is 3.18. The lowest BCUT2D eigenvalue weighted by molar-refractivity contribution is 0.157. The quantitative estimate of drug-likeness (QED) is 0.697. The number of aromatic amines is 1. The minimum atomic E-state index is -0.278. The van der Waals surface area contributed by atoms with Crippen LogP contribution in [0.3, 0.4) is 0 Å². The zero-order valence-electron chi connectivity index (χ0n) is 9.35. The van der Waals surface area contributed by atoms with Crippen molar-refractivity contribution in [2.75, 3.05) is 0 Å². The Morgan fingerprint density at radius 2 is 2.12 bits per heavy atom. The first-order chi connectivity index (χ1) is 8.24. The number of para-hydroxylation sites is 1. The van der Waals surface area contributed by atoms with Crippen molar-refractivity contribution in [2.24, 2.45) is 0 Å². The highest BCUT2D eigenvalue weighted by Crippen LogP contribution is 2.29. The highest BCUT2D eigenvalue weighted by molar-refractivity contribution is 5.64. The van der Waals surface area contributed by atoms with Crippen LogP contribution in [0.2, 0.25) is 0 Å². The summed E-state index contributed by atoms with van der Waals surface area (Å²) in [5.41, 5.74) is 2.70. The predicted octanol–water partition coefficient (Wildman–Crippen LogP) is 1.63. The molecule has 4 nitrogen and oxygen atoms in total. The lowest BCUT2D eigenvalue weighted by Gasteiger charge is -2.14. The van der Waals surface area contributed by atoms with Crippen LogP contribution < -0.4 is 0 Å². The first-order valence-electron chi connectivity index (χ1n) is 5.78. The molecule has 1 aromatic carbocycles. The second kappa shape index (κ2) is 3.89. The summed E-state index contributed by atoms with van der Waals surface area (Å²) in [5, 5.41) is 19.4. The highest BCUT2D eigenvalue weighted by Gasteiger charge is 2.21. The fourth-order valence-electron chi connectivity index (χ4n) is 2.26. The first-order valence-corrected chi connectivity index (χ1v) is 5.78. The van der Waals surface area contributed by atoms with Crippen LogP contribution in [0.15, 0.2) is 24.3 Å². The van der Waals surface area contributed by atoms with Crippen LogP contribution in [0.5, 0.6) is 5.75 Å². The molecule has 1 aliphatic rings. The van der Waals surface area contributed by atoms with E-state index in [0.29, 0.717) is 17.8 Å². The molecule has 1 aliphatic carbocycles. The highest BCUT2D eigenvalue weighted by atomic mass is 16.3. The van der Waals surface area contributed by atoms with Crippen LogP contribution in [0.25, 0.3) is 11.4 Å². The Hall–Kier alpha value is -1.81. The Balaban J connectivity index is 2.03. The second-order valence-corrected chi connectivity index (χ2v) is 4.42. The third kappa shape index (κ3) is 1.80. The van der Waals surface area contributed by atoms with Crippen molar-refractivity contribution in [1.82, 2.24) is 9.97 Å². The minimum absolute atomic E-state index is 0.221. The number of aliphatic hydroxyl groups excluding tert-OH is 1. The minimum Gasteiger partial charge on any atom is -0.507 e. The van der Waals surface area contributed by atoms with E-state index in [-0.39, 0.29) is 11.9 Å². The molecule has 3 N–H and O–H groups in total. The molecular weight excluding hydrogens is 216 g/mol. The summed E-state index contributed by atoms with van der Waals surface area (Å²) in [5.74, 6) is 0.904. The molecule has 4 heteroatoms. The standard InChI is InChI=1S/C13H14N2O2/c16-8-5-6-10-11(7-8)15-13(14-10)9-3-1-2-4-12(9)17/h1-4,8,16-17H,5-7H2,(H,14,15). The second-order valence-electron chi connectivity index (χ2n) is 4.42. The van der Waals surface area contributed by atoms with Gasteiger partial charge in [0.2, 0.25) is 0 Å². The van der Waals surface area contributed by atoms with Crippen molar-refractivity contribution in [1.29, 1.82) is 0 Å². The molecule has 17 heavy (non-hydrogen) atoms. The van der Waals surface area contributed by atoms with E-state index in [0.717, 1.165) is 24.2 Å². The molecule has 1 heterocycles. The van der Waals surface area contributed by atoms with Crippen molar-refractivity contribution in [3.63, 3.8) is 0 Å². The van der Waals surface area contributed by atoms with Gasteiger partial charge in [-0.1, -0.05) is 12.1 Å². The normalized spacial score (nSPS) is 19.0. The fourth-order valence-corrected chi connectivity index (χ4v) is 2.26. The van der Waals surface area contributed by atoms with Crippen molar-refractivity contribution in [3.8, 4) is 17.1 Å². The van der Waals surface area contributed by atoms with E-state index in [9.17, 15) is 10.2 Å². The Labute approximate surface area is 99.0 Å². The van der Waals surface area contributed by atoms with Gasteiger partial charge in [-0.2, -0.15) is 0 Å². The molecule has 1 aromatic heterocycles. The van der Waals surface area contributed by atoms with Gasteiger partial charge in [0.15, 0.2) is 0 Å². The number of nitrogens with one attached hydrogen (secondary N) is 1. The van der Waals surface area contributed by atoms with Crippen LogP contribution in [0.4, 0.5) is 0 Å². The van der Waals surface area contributed by atoms with Gasteiger partial charge in [0.1, 0.15) is 11.6 Å². The molecule has 0 aliphatic heterocycles. The lowest BCUT2D eigenvalue weighted by Crippen LogP contribution is -2.18. The zero-order valence-corrected chi connectivity index (χ0v) is 9.35. The van der Waals surface area contributed by atoms with E-state index in [4.69, 9.17) is 0 Å². The van der Waals surface area contributed by atoms with Gasteiger partial charge < -0.3 is 15.2 Å². The number of nitrogens with zero attached hydrogens (tertiary/aromatic N) is 1. The van der Waals surface area contributed by atoms with Crippen LogP contribution in [-0.4, -0.2) is 26.3 Å². The lowest BCUT2D eigenvalue weighted by atomic mass is 9.99. The summed E-state index contributed by atoms with van der Waals surface area (Å²) in [7, 11) is 0. The number of phenols is 1. The van der Waals surface area contributed by atoms with E-state index >= 15 is 0 Å². The monoisotopic (exact) mass is 230 g/mol. The third-order valence-electron chi connectivity index (χ3n) is 3.18. The van der Waals surface area contributed by atoms with Gasteiger partial charge in [0.05, 0.1) is 17.4 Å². The van der Waals surface area contributed by atoms with Gasteiger partial charge in [0, 0.05) is 12.1 Å². The molecule has 88 valence electrons.